The molecule has 8 nitrogen and oxygen atoms in total. The number of anilines is 2. The number of hydrogen-bond acceptors (Lipinski definition) is 6. The molecule has 196 valence electrons. The molecule has 0 aliphatic carbocycles. The highest BCUT2D eigenvalue weighted by Gasteiger charge is 2.26. The molecule has 2 aromatic rings. The van der Waals surface area contributed by atoms with Gasteiger partial charge in [0.15, 0.2) is 0 Å². The summed E-state index contributed by atoms with van der Waals surface area (Å²) in [6.45, 7) is 11.2. The fraction of sp³-hybridized carbons (Fsp3) is 0.500. The molecule has 0 radical (unpaired) electrons. The quantitative estimate of drug-likeness (QED) is 0.467. The Morgan fingerprint density at radius 1 is 0.861 bits per heavy atom. The number of likely N-dealkylation sites (N-methyl/N-ethyl adjacent to an activating group) is 1. The minimum Gasteiger partial charge on any atom is -0.378 e. The van der Waals surface area contributed by atoms with E-state index in [4.69, 9.17) is 0 Å². The number of rotatable bonds is 11. The molecular weight excluding hydrogens is 452 g/mol. The van der Waals surface area contributed by atoms with Crippen molar-refractivity contribution in [3.63, 3.8) is 0 Å². The van der Waals surface area contributed by atoms with Crippen molar-refractivity contribution in [1.82, 2.24) is 20.4 Å². The number of piperazine rings is 1. The molecular formula is C28H42N6O2. The lowest BCUT2D eigenvalue weighted by molar-refractivity contribution is -0.139. The molecule has 1 aliphatic rings. The molecule has 0 aromatic heterocycles. The second-order valence-electron chi connectivity index (χ2n) is 9.35. The predicted molar refractivity (Wildman–Crippen MR) is 148 cm³/mol. The molecule has 0 spiro atoms. The second kappa shape index (κ2) is 13.8. The van der Waals surface area contributed by atoms with E-state index in [1.165, 1.54) is 5.69 Å². The molecule has 1 saturated heterocycles. The molecule has 3 rings (SSSR count). The number of amides is 2. The first kappa shape index (κ1) is 27.5. The Balaban J connectivity index is 1.62. The van der Waals surface area contributed by atoms with Crippen LogP contribution in [0.3, 0.4) is 0 Å². The van der Waals surface area contributed by atoms with Gasteiger partial charge in [-0.1, -0.05) is 44.2 Å². The van der Waals surface area contributed by atoms with Gasteiger partial charge in [-0.25, -0.2) is 0 Å². The SMILES string of the molecule is CCN(CC)CCNC(=O)C(=O)NCC(c1ccc(N(C)C)cc1)N1CCN(c2ccccc2)CC1. The van der Waals surface area contributed by atoms with E-state index in [1.54, 1.807) is 0 Å². The highest BCUT2D eigenvalue weighted by atomic mass is 16.2. The van der Waals surface area contributed by atoms with Crippen molar-refractivity contribution >= 4 is 23.2 Å². The third kappa shape index (κ3) is 7.70. The zero-order valence-electron chi connectivity index (χ0n) is 22.2. The van der Waals surface area contributed by atoms with Gasteiger partial charge in [0.05, 0.1) is 6.04 Å². The zero-order valence-corrected chi connectivity index (χ0v) is 22.2. The lowest BCUT2D eigenvalue weighted by Gasteiger charge is -2.40. The van der Waals surface area contributed by atoms with Crippen LogP contribution in [0, 0.1) is 0 Å². The molecule has 2 aromatic carbocycles. The second-order valence-corrected chi connectivity index (χ2v) is 9.35. The molecule has 1 aliphatic heterocycles. The van der Waals surface area contributed by atoms with Crippen LogP contribution in [-0.4, -0.2) is 94.6 Å². The summed E-state index contributed by atoms with van der Waals surface area (Å²) in [5, 5.41) is 5.64. The topological polar surface area (TPSA) is 71.2 Å². The highest BCUT2D eigenvalue weighted by Crippen LogP contribution is 2.25. The average molecular weight is 495 g/mol. The molecule has 36 heavy (non-hydrogen) atoms. The summed E-state index contributed by atoms with van der Waals surface area (Å²) >= 11 is 0. The average Bonchev–Trinajstić information content (AvgIpc) is 2.92. The maximum Gasteiger partial charge on any atom is 0.309 e. The molecule has 0 bridgehead atoms. The van der Waals surface area contributed by atoms with Crippen molar-refractivity contribution in [3.05, 3.63) is 60.2 Å². The van der Waals surface area contributed by atoms with Crippen molar-refractivity contribution < 1.29 is 9.59 Å². The van der Waals surface area contributed by atoms with Crippen LogP contribution >= 0.6 is 0 Å². The summed E-state index contributed by atoms with van der Waals surface area (Å²) in [6.07, 6.45) is 0. The van der Waals surface area contributed by atoms with Crippen molar-refractivity contribution in [1.29, 1.82) is 0 Å². The van der Waals surface area contributed by atoms with Crippen LogP contribution in [0.2, 0.25) is 0 Å². The first-order valence-electron chi connectivity index (χ1n) is 13.0. The summed E-state index contributed by atoms with van der Waals surface area (Å²) in [4.78, 5) is 34.0. The maximum absolute atomic E-state index is 12.6. The van der Waals surface area contributed by atoms with Gasteiger partial charge in [-0.05, 0) is 42.9 Å². The van der Waals surface area contributed by atoms with E-state index in [2.05, 4.69) is 92.6 Å². The smallest absolute Gasteiger partial charge is 0.309 e. The predicted octanol–water partition coefficient (Wildman–Crippen LogP) is 2.19. The normalized spacial score (nSPS) is 15.0. The van der Waals surface area contributed by atoms with Crippen molar-refractivity contribution in [2.75, 3.05) is 82.8 Å². The van der Waals surface area contributed by atoms with Crippen molar-refractivity contribution in [3.8, 4) is 0 Å². The largest absolute Gasteiger partial charge is 0.378 e. The fourth-order valence-corrected chi connectivity index (χ4v) is 4.60. The number of carbonyl (C=O) groups excluding carboxylic acids is 2. The summed E-state index contributed by atoms with van der Waals surface area (Å²) in [5.74, 6) is -1.15. The Kier molecular flexibility index (Phi) is 10.6. The lowest BCUT2D eigenvalue weighted by atomic mass is 10.0. The van der Waals surface area contributed by atoms with Crippen LogP contribution in [0.15, 0.2) is 54.6 Å². The van der Waals surface area contributed by atoms with E-state index in [0.29, 0.717) is 13.1 Å². The summed E-state index contributed by atoms with van der Waals surface area (Å²) < 4.78 is 0. The Labute approximate surface area is 216 Å². The third-order valence-electron chi connectivity index (χ3n) is 6.94. The van der Waals surface area contributed by atoms with Gasteiger partial charge >= 0.3 is 11.8 Å². The molecule has 1 heterocycles. The van der Waals surface area contributed by atoms with Gasteiger partial charge in [-0.3, -0.25) is 14.5 Å². The van der Waals surface area contributed by atoms with E-state index in [0.717, 1.165) is 57.1 Å². The third-order valence-corrected chi connectivity index (χ3v) is 6.94. The van der Waals surface area contributed by atoms with Crippen molar-refractivity contribution in [2.45, 2.75) is 19.9 Å². The van der Waals surface area contributed by atoms with Crippen molar-refractivity contribution in [2.24, 2.45) is 0 Å². The van der Waals surface area contributed by atoms with E-state index in [1.807, 2.05) is 20.2 Å². The molecule has 8 heteroatoms. The van der Waals surface area contributed by atoms with Crippen LogP contribution in [0.1, 0.15) is 25.5 Å². The molecule has 2 amide bonds. The standard InChI is InChI=1S/C28H42N6O2/c1-5-32(6-2)17-16-29-27(35)28(36)30-22-26(23-12-14-24(15-13-23)31(3)4)34-20-18-33(19-21-34)25-10-8-7-9-11-25/h7-15,26H,5-6,16-22H2,1-4H3,(H,29,35)(H,30,36). The Morgan fingerprint density at radius 2 is 1.47 bits per heavy atom. The van der Waals surface area contributed by atoms with Gasteiger partial charge in [0.25, 0.3) is 0 Å². The number of carbonyl (C=O) groups is 2. The Hall–Kier alpha value is -3.10. The van der Waals surface area contributed by atoms with Crippen LogP contribution in [0.25, 0.3) is 0 Å². The van der Waals surface area contributed by atoms with Crippen LogP contribution in [0.5, 0.6) is 0 Å². The first-order chi connectivity index (χ1) is 17.4. The van der Waals surface area contributed by atoms with E-state index in [9.17, 15) is 9.59 Å². The van der Waals surface area contributed by atoms with E-state index < -0.39 is 11.8 Å². The van der Waals surface area contributed by atoms with Gasteiger partial charge in [0, 0.05) is 71.3 Å². The van der Waals surface area contributed by atoms with Crippen LogP contribution in [0.4, 0.5) is 11.4 Å². The molecule has 1 unspecified atom stereocenters. The Morgan fingerprint density at radius 3 is 2.06 bits per heavy atom. The minimum atomic E-state index is -0.576. The van der Waals surface area contributed by atoms with Crippen LogP contribution in [-0.2, 0) is 9.59 Å². The number of para-hydroxylation sites is 1. The van der Waals surface area contributed by atoms with Gasteiger partial charge in [-0.2, -0.15) is 0 Å². The first-order valence-corrected chi connectivity index (χ1v) is 13.0. The number of hydrogen-bond donors (Lipinski definition) is 2. The van der Waals surface area contributed by atoms with Gasteiger partial charge in [0.1, 0.15) is 0 Å². The van der Waals surface area contributed by atoms with Crippen LogP contribution < -0.4 is 20.4 Å². The molecule has 0 saturated carbocycles. The maximum atomic E-state index is 12.6. The minimum absolute atomic E-state index is 0.00781. The van der Waals surface area contributed by atoms with E-state index >= 15 is 0 Å². The van der Waals surface area contributed by atoms with Gasteiger partial charge < -0.3 is 25.3 Å². The summed E-state index contributed by atoms with van der Waals surface area (Å²) in [5.41, 5.74) is 3.50. The monoisotopic (exact) mass is 494 g/mol. The summed E-state index contributed by atoms with van der Waals surface area (Å²) in [7, 11) is 4.04. The molecule has 2 N–H and O–H groups in total. The van der Waals surface area contributed by atoms with E-state index in [-0.39, 0.29) is 6.04 Å². The van der Waals surface area contributed by atoms with Gasteiger partial charge in [-0.15, -0.1) is 0 Å². The zero-order chi connectivity index (χ0) is 25.9. The Bertz CT molecular complexity index is 938. The summed E-state index contributed by atoms with van der Waals surface area (Å²) in [6, 6.07) is 18.9. The molecule has 1 atom stereocenters. The highest BCUT2D eigenvalue weighted by molar-refractivity contribution is 6.35. The number of nitrogens with zero attached hydrogens (tertiary/aromatic N) is 4. The number of benzene rings is 2. The lowest BCUT2D eigenvalue weighted by Crippen LogP contribution is -2.51. The molecule has 1 fully saturated rings. The van der Waals surface area contributed by atoms with Gasteiger partial charge in [0.2, 0.25) is 0 Å². The number of nitrogens with one attached hydrogen (secondary N) is 2. The fourth-order valence-electron chi connectivity index (χ4n) is 4.60.